The van der Waals surface area contributed by atoms with Crippen LogP contribution < -0.4 is 11.0 Å². The van der Waals surface area contributed by atoms with Gasteiger partial charge in [0, 0.05) is 45.6 Å². The Labute approximate surface area is 190 Å². The van der Waals surface area contributed by atoms with Crippen molar-refractivity contribution in [2.75, 3.05) is 38.5 Å². The largest absolute Gasteiger partial charge is 0.432 e. The summed E-state index contributed by atoms with van der Waals surface area (Å²) in [5.74, 6) is 0.0675. The van der Waals surface area contributed by atoms with E-state index in [1.807, 2.05) is 0 Å². The molecule has 1 aliphatic rings. The molecule has 0 unspecified atom stereocenters. The van der Waals surface area contributed by atoms with Crippen LogP contribution in [0.2, 0.25) is 0 Å². The molecule has 0 bridgehead atoms. The standard InChI is InChI=1S/C21H24FN7O3S/c1-16(17-3-5-18(22)6-4-17)25-21-28(13-14-32-21)15-19-7-8-23-20(26-19)24-9-10-29-12-11-27(2)33(29,30)31/h3-8,13-14H,1,9-12,15H2,2H3,(H,23,24,26)/b25-21+. The lowest BCUT2D eigenvalue weighted by Crippen LogP contribution is -2.34. The Hall–Kier alpha value is -3.35. The van der Waals surface area contributed by atoms with Crippen LogP contribution in [0.1, 0.15) is 11.3 Å². The van der Waals surface area contributed by atoms with Gasteiger partial charge in [-0.25, -0.2) is 14.4 Å². The van der Waals surface area contributed by atoms with Crippen molar-refractivity contribution in [2.45, 2.75) is 6.54 Å². The summed E-state index contributed by atoms with van der Waals surface area (Å²) in [5.41, 5.74) is 2.14. The summed E-state index contributed by atoms with van der Waals surface area (Å²) in [6.07, 6.45) is 4.85. The quantitative estimate of drug-likeness (QED) is 0.532. The molecular weight excluding hydrogens is 449 g/mol. The van der Waals surface area contributed by atoms with E-state index in [1.165, 1.54) is 27.0 Å². The maximum Gasteiger partial charge on any atom is 0.302 e. The minimum atomic E-state index is -3.36. The van der Waals surface area contributed by atoms with E-state index in [4.69, 9.17) is 4.42 Å². The second-order valence-corrected chi connectivity index (χ2v) is 9.44. The zero-order valence-corrected chi connectivity index (χ0v) is 18.9. The lowest BCUT2D eigenvalue weighted by Gasteiger charge is -2.16. The number of oxazole rings is 1. The number of benzene rings is 1. The van der Waals surface area contributed by atoms with Gasteiger partial charge in [-0.3, -0.25) is 4.57 Å². The molecule has 1 aliphatic heterocycles. The SMILES string of the molecule is C=C(/N=c1/occn1Cc1ccnc(NCCN2CCN(C)S2(=O)=O)n1)c1ccc(F)cc1. The highest BCUT2D eigenvalue weighted by molar-refractivity contribution is 7.87. The van der Waals surface area contributed by atoms with Crippen molar-refractivity contribution in [3.63, 3.8) is 0 Å². The van der Waals surface area contributed by atoms with Crippen molar-refractivity contribution in [3.05, 3.63) is 78.3 Å². The molecule has 0 saturated carbocycles. The fourth-order valence-electron chi connectivity index (χ4n) is 3.27. The molecule has 3 aromatic rings. The molecule has 0 spiro atoms. The van der Waals surface area contributed by atoms with Crippen LogP contribution in [0.3, 0.4) is 0 Å². The zero-order chi connectivity index (χ0) is 23.4. The van der Waals surface area contributed by atoms with Crippen LogP contribution in [0.25, 0.3) is 5.70 Å². The Balaban J connectivity index is 1.41. The minimum absolute atomic E-state index is 0.320. The molecule has 33 heavy (non-hydrogen) atoms. The normalized spacial score (nSPS) is 16.8. The van der Waals surface area contributed by atoms with Crippen molar-refractivity contribution < 1.29 is 17.2 Å². The summed E-state index contributed by atoms with van der Waals surface area (Å²) in [7, 11) is -1.80. The van der Waals surface area contributed by atoms with E-state index in [-0.39, 0.29) is 5.82 Å². The molecule has 0 aliphatic carbocycles. The summed E-state index contributed by atoms with van der Waals surface area (Å²) in [4.78, 5) is 13.1. The third-order valence-corrected chi connectivity index (χ3v) is 7.13. The van der Waals surface area contributed by atoms with E-state index in [2.05, 4.69) is 26.9 Å². The summed E-state index contributed by atoms with van der Waals surface area (Å²) < 4.78 is 47.4. The molecule has 1 aromatic carbocycles. The number of halogens is 1. The average molecular weight is 474 g/mol. The molecule has 174 valence electrons. The first-order valence-electron chi connectivity index (χ1n) is 10.2. The van der Waals surface area contributed by atoms with Crippen molar-refractivity contribution in [1.29, 1.82) is 0 Å². The molecule has 2 aromatic heterocycles. The predicted octanol–water partition coefficient (Wildman–Crippen LogP) is 1.53. The number of rotatable bonds is 8. The molecule has 1 saturated heterocycles. The first-order valence-corrected chi connectivity index (χ1v) is 11.6. The van der Waals surface area contributed by atoms with E-state index in [9.17, 15) is 12.8 Å². The fourth-order valence-corrected chi connectivity index (χ4v) is 4.61. The van der Waals surface area contributed by atoms with Gasteiger partial charge in [-0.05, 0) is 35.9 Å². The van der Waals surface area contributed by atoms with E-state index in [0.717, 1.165) is 0 Å². The Kier molecular flexibility index (Phi) is 6.67. The number of aromatic nitrogens is 3. The summed E-state index contributed by atoms with van der Waals surface area (Å²) >= 11 is 0. The molecule has 3 heterocycles. The monoisotopic (exact) mass is 473 g/mol. The number of hydrogen-bond donors (Lipinski definition) is 1. The highest BCUT2D eigenvalue weighted by atomic mass is 32.2. The van der Waals surface area contributed by atoms with Gasteiger partial charge in [0.15, 0.2) is 0 Å². The number of nitrogens with zero attached hydrogens (tertiary/aromatic N) is 6. The first-order chi connectivity index (χ1) is 15.8. The topological polar surface area (TPSA) is 109 Å². The maximum atomic E-state index is 13.1. The molecule has 1 fully saturated rings. The van der Waals surface area contributed by atoms with Crippen LogP contribution in [-0.4, -0.2) is 64.8 Å². The van der Waals surface area contributed by atoms with Gasteiger partial charge in [0.05, 0.1) is 17.9 Å². The van der Waals surface area contributed by atoms with Gasteiger partial charge in [-0.2, -0.15) is 22.0 Å². The molecule has 0 radical (unpaired) electrons. The minimum Gasteiger partial charge on any atom is -0.432 e. The molecule has 1 N–H and O–H groups in total. The molecule has 4 rings (SSSR count). The second-order valence-electron chi connectivity index (χ2n) is 7.41. The lowest BCUT2D eigenvalue weighted by molar-refractivity contribution is 0.459. The van der Waals surface area contributed by atoms with Crippen LogP contribution in [0.5, 0.6) is 0 Å². The Bertz CT molecular complexity index is 1300. The highest BCUT2D eigenvalue weighted by Crippen LogP contribution is 2.14. The smallest absolute Gasteiger partial charge is 0.302 e. The van der Waals surface area contributed by atoms with E-state index in [1.54, 1.807) is 42.2 Å². The molecule has 0 atom stereocenters. The van der Waals surface area contributed by atoms with Gasteiger partial charge in [0.25, 0.3) is 10.2 Å². The Morgan fingerprint density at radius 2 is 2.06 bits per heavy atom. The van der Waals surface area contributed by atoms with Gasteiger partial charge in [0.1, 0.15) is 12.1 Å². The van der Waals surface area contributed by atoms with Gasteiger partial charge in [0.2, 0.25) is 5.95 Å². The van der Waals surface area contributed by atoms with Crippen molar-refractivity contribution in [3.8, 4) is 0 Å². The van der Waals surface area contributed by atoms with Crippen LogP contribution in [0, 0.1) is 5.82 Å². The van der Waals surface area contributed by atoms with Crippen LogP contribution in [0.15, 0.2) is 65.0 Å². The van der Waals surface area contributed by atoms with Crippen LogP contribution in [0.4, 0.5) is 10.3 Å². The predicted molar refractivity (Wildman–Crippen MR) is 120 cm³/mol. The van der Waals surface area contributed by atoms with E-state index >= 15 is 0 Å². The summed E-state index contributed by atoms with van der Waals surface area (Å²) in [6.45, 7) is 5.95. The zero-order valence-electron chi connectivity index (χ0n) is 18.1. The van der Waals surface area contributed by atoms with Gasteiger partial charge < -0.3 is 9.73 Å². The molecular formula is C21H24FN7O3S. The third kappa shape index (κ3) is 5.35. The average Bonchev–Trinajstić information content (AvgIpc) is 3.32. The summed E-state index contributed by atoms with van der Waals surface area (Å²) in [5, 5.41) is 3.07. The lowest BCUT2D eigenvalue weighted by atomic mass is 10.2. The van der Waals surface area contributed by atoms with Gasteiger partial charge in [-0.15, -0.1) is 0 Å². The van der Waals surface area contributed by atoms with Crippen molar-refractivity contribution in [1.82, 2.24) is 23.1 Å². The Morgan fingerprint density at radius 1 is 1.27 bits per heavy atom. The van der Waals surface area contributed by atoms with Gasteiger partial charge in [-0.1, -0.05) is 6.58 Å². The van der Waals surface area contributed by atoms with E-state index < -0.39 is 10.2 Å². The molecule has 12 heteroatoms. The number of nitrogens with one attached hydrogen (secondary N) is 1. The maximum absolute atomic E-state index is 13.1. The number of likely N-dealkylation sites (N-methyl/N-ethyl adjacent to an activating group) is 1. The third-order valence-electron chi connectivity index (χ3n) is 5.14. The fraction of sp³-hybridized carbons (Fsp3) is 0.286. The Morgan fingerprint density at radius 3 is 2.79 bits per heavy atom. The van der Waals surface area contributed by atoms with Crippen LogP contribution in [-0.2, 0) is 16.8 Å². The van der Waals surface area contributed by atoms with Gasteiger partial charge >= 0.3 is 5.68 Å². The first kappa shape index (κ1) is 22.8. The van der Waals surface area contributed by atoms with Crippen molar-refractivity contribution >= 4 is 21.9 Å². The highest BCUT2D eigenvalue weighted by Gasteiger charge is 2.32. The molecule has 0 amide bonds. The number of hydrogen-bond acceptors (Lipinski definition) is 7. The molecule has 10 nitrogen and oxygen atoms in total. The van der Waals surface area contributed by atoms with Crippen molar-refractivity contribution in [2.24, 2.45) is 4.99 Å². The van der Waals surface area contributed by atoms with Crippen LogP contribution >= 0.6 is 0 Å². The summed E-state index contributed by atoms with van der Waals surface area (Å²) in [6, 6.07) is 7.66. The second kappa shape index (κ2) is 9.65. The number of anilines is 1. The van der Waals surface area contributed by atoms with E-state index in [0.29, 0.717) is 61.3 Å².